The van der Waals surface area contributed by atoms with E-state index in [0.717, 1.165) is 32.7 Å². The maximum atomic E-state index is 8.07. The molecular formula is C45H32O. The Balaban J connectivity index is 1.35. The highest BCUT2D eigenvalue weighted by Crippen LogP contribution is 2.48. The summed E-state index contributed by atoms with van der Waals surface area (Å²) >= 11 is 0. The van der Waals surface area contributed by atoms with Crippen LogP contribution in [0.15, 0.2) is 156 Å². The van der Waals surface area contributed by atoms with Gasteiger partial charge in [0.05, 0.1) is 1.37 Å². The molecule has 46 heavy (non-hydrogen) atoms. The van der Waals surface area contributed by atoms with E-state index in [1.165, 1.54) is 60.5 Å². The van der Waals surface area contributed by atoms with Crippen molar-refractivity contribution < 1.29 is 5.79 Å². The van der Waals surface area contributed by atoms with Gasteiger partial charge in [-0.05, 0) is 95.4 Å². The second-order valence-electron chi connectivity index (χ2n) is 12.6. The normalized spacial score (nSPS) is 12.2. The van der Waals surface area contributed by atoms with E-state index in [0.29, 0.717) is 12.0 Å². The van der Waals surface area contributed by atoms with Gasteiger partial charge in [0.15, 0.2) is 0 Å². The molecule has 0 N–H and O–H groups in total. The Kier molecular flexibility index (Phi) is 5.83. The van der Waals surface area contributed by atoms with Gasteiger partial charge in [0.25, 0.3) is 0 Å². The molecule has 1 aromatic heterocycles. The van der Waals surface area contributed by atoms with Crippen LogP contribution >= 0.6 is 0 Å². The van der Waals surface area contributed by atoms with Gasteiger partial charge in [0, 0.05) is 10.8 Å². The summed E-state index contributed by atoms with van der Waals surface area (Å²) in [6.45, 7) is 4.45. The van der Waals surface area contributed by atoms with Crippen molar-refractivity contribution in [1.82, 2.24) is 0 Å². The zero-order valence-electron chi connectivity index (χ0n) is 26.8. The maximum absolute atomic E-state index is 8.07. The summed E-state index contributed by atoms with van der Waals surface area (Å²) in [5.74, 6) is 0.432. The highest BCUT2D eigenvalue weighted by Gasteiger charge is 2.21. The van der Waals surface area contributed by atoms with Crippen LogP contribution in [0.3, 0.4) is 0 Å². The highest BCUT2D eigenvalue weighted by molar-refractivity contribution is 6.26. The summed E-state index contributed by atoms with van der Waals surface area (Å²) in [6.07, 6.45) is 0. The van der Waals surface area contributed by atoms with E-state index in [1.54, 1.807) is 0 Å². The average molecular weight is 590 g/mol. The summed E-state index contributed by atoms with van der Waals surface area (Å²) in [7, 11) is 0. The first-order valence-corrected chi connectivity index (χ1v) is 16.0. The van der Waals surface area contributed by atoms with E-state index in [-0.39, 0.29) is 0 Å². The van der Waals surface area contributed by atoms with Crippen molar-refractivity contribution >= 4 is 54.3 Å². The fourth-order valence-corrected chi connectivity index (χ4v) is 7.37. The van der Waals surface area contributed by atoms with Crippen molar-refractivity contribution in [2.24, 2.45) is 0 Å². The highest BCUT2D eigenvalue weighted by atomic mass is 16.3. The van der Waals surface area contributed by atoms with Gasteiger partial charge in [-0.2, -0.15) is 0 Å². The predicted molar refractivity (Wildman–Crippen MR) is 197 cm³/mol. The van der Waals surface area contributed by atoms with Crippen molar-refractivity contribution in [3.63, 3.8) is 0 Å². The fraction of sp³-hybridized carbons (Fsp3) is 0.0667. The Morgan fingerprint density at radius 3 is 1.85 bits per heavy atom. The lowest BCUT2D eigenvalue weighted by atomic mass is 9.83. The molecular weight excluding hydrogens is 556 g/mol. The Labute approximate surface area is 269 Å². The standard InChI is InChI=1S/C45H32O/c1-28(2)30-24-25-39-42(27-30)46-41-21-11-20-40(45(39)41)44-37-18-9-7-16-35(37)43(36-17-8-10-19-38(36)44)34-15-6-5-14-33(34)32-23-22-29-12-3-4-13-31(29)26-32/h3-28H,1-2H3/i3D. The summed E-state index contributed by atoms with van der Waals surface area (Å²) < 4.78 is 14.6. The zero-order chi connectivity index (χ0) is 31.6. The van der Waals surface area contributed by atoms with Crippen molar-refractivity contribution in [3.8, 4) is 33.4 Å². The molecule has 0 bridgehead atoms. The van der Waals surface area contributed by atoms with Crippen LogP contribution in [-0.2, 0) is 0 Å². The third-order valence-electron chi connectivity index (χ3n) is 9.58. The van der Waals surface area contributed by atoms with Crippen LogP contribution in [0.4, 0.5) is 0 Å². The topological polar surface area (TPSA) is 13.1 Å². The molecule has 1 nitrogen and oxygen atoms in total. The fourth-order valence-electron chi connectivity index (χ4n) is 7.37. The molecule has 1 heterocycles. The Hall–Kier alpha value is -5.66. The number of rotatable bonds is 4. The SMILES string of the molecule is [2H]c1ccc2cc(-c3ccccc3-c3c4ccccc4c(-c4cccc5oc6cc(C(C)C)ccc6c45)c4ccccc34)ccc2c1. The van der Waals surface area contributed by atoms with Crippen molar-refractivity contribution in [3.05, 3.63) is 157 Å². The smallest absolute Gasteiger partial charge is 0.136 e. The average Bonchev–Trinajstić information content (AvgIpc) is 3.49. The van der Waals surface area contributed by atoms with E-state index in [1.807, 2.05) is 18.2 Å². The summed E-state index contributed by atoms with van der Waals surface area (Å²) in [5, 5.41) is 9.42. The van der Waals surface area contributed by atoms with Crippen LogP contribution in [0.5, 0.6) is 0 Å². The summed E-state index contributed by atoms with van der Waals surface area (Å²) in [4.78, 5) is 0. The largest absolute Gasteiger partial charge is 0.456 e. The van der Waals surface area contributed by atoms with E-state index in [2.05, 4.69) is 141 Å². The second-order valence-corrected chi connectivity index (χ2v) is 12.6. The predicted octanol–water partition coefficient (Wildman–Crippen LogP) is 13.2. The molecule has 218 valence electrons. The quantitative estimate of drug-likeness (QED) is 0.186. The van der Waals surface area contributed by atoms with E-state index in [9.17, 15) is 0 Å². The molecule has 8 aromatic carbocycles. The molecule has 0 amide bonds. The summed E-state index contributed by atoms with van der Waals surface area (Å²) in [5.41, 5.74) is 10.4. The van der Waals surface area contributed by atoms with Gasteiger partial charge in [0.1, 0.15) is 11.2 Å². The molecule has 0 radical (unpaired) electrons. The van der Waals surface area contributed by atoms with Crippen molar-refractivity contribution in [2.45, 2.75) is 19.8 Å². The third-order valence-corrected chi connectivity index (χ3v) is 9.58. The lowest BCUT2D eigenvalue weighted by Crippen LogP contribution is -1.93. The molecule has 9 aromatic rings. The van der Waals surface area contributed by atoms with Crippen molar-refractivity contribution in [2.75, 3.05) is 0 Å². The van der Waals surface area contributed by atoms with Gasteiger partial charge < -0.3 is 4.42 Å². The third kappa shape index (κ3) is 4.09. The first-order valence-electron chi connectivity index (χ1n) is 16.5. The molecule has 1 heteroatoms. The lowest BCUT2D eigenvalue weighted by Gasteiger charge is -2.20. The maximum Gasteiger partial charge on any atom is 0.136 e. The van der Waals surface area contributed by atoms with Gasteiger partial charge >= 0.3 is 0 Å². The van der Waals surface area contributed by atoms with Crippen molar-refractivity contribution in [1.29, 1.82) is 0 Å². The molecule has 0 atom stereocenters. The number of fused-ring (bicyclic) bond motifs is 6. The first kappa shape index (κ1) is 25.6. The van der Waals surface area contributed by atoms with Crippen LogP contribution in [0.25, 0.3) is 87.6 Å². The van der Waals surface area contributed by atoms with Gasteiger partial charge in [0.2, 0.25) is 0 Å². The first-order chi connectivity index (χ1) is 23.0. The van der Waals surface area contributed by atoms with E-state index in [4.69, 9.17) is 5.79 Å². The van der Waals surface area contributed by atoms with Crippen LogP contribution in [-0.4, -0.2) is 0 Å². The molecule has 0 unspecified atom stereocenters. The van der Waals surface area contributed by atoms with Crippen LogP contribution < -0.4 is 0 Å². The van der Waals surface area contributed by atoms with Crippen LogP contribution in [0.1, 0.15) is 26.7 Å². The van der Waals surface area contributed by atoms with E-state index >= 15 is 0 Å². The molecule has 0 fully saturated rings. The molecule has 0 saturated heterocycles. The van der Waals surface area contributed by atoms with E-state index < -0.39 is 0 Å². The minimum atomic E-state index is 0.432. The Morgan fingerprint density at radius 2 is 1.13 bits per heavy atom. The number of benzene rings is 8. The van der Waals surface area contributed by atoms with Gasteiger partial charge in [-0.3, -0.25) is 0 Å². The number of furan rings is 1. The molecule has 9 rings (SSSR count). The van der Waals surface area contributed by atoms with Crippen LogP contribution in [0, 0.1) is 0 Å². The lowest BCUT2D eigenvalue weighted by molar-refractivity contribution is 0.667. The molecule has 0 aliphatic carbocycles. The minimum absolute atomic E-state index is 0.432. The molecule has 0 aliphatic heterocycles. The summed E-state index contributed by atoms with van der Waals surface area (Å²) in [6, 6.07) is 52.6. The number of hydrogen-bond acceptors (Lipinski definition) is 1. The van der Waals surface area contributed by atoms with Gasteiger partial charge in [-0.25, -0.2) is 0 Å². The second kappa shape index (κ2) is 10.5. The molecule has 0 saturated carbocycles. The Morgan fingerprint density at radius 1 is 0.478 bits per heavy atom. The van der Waals surface area contributed by atoms with Crippen LogP contribution in [0.2, 0.25) is 0 Å². The van der Waals surface area contributed by atoms with Gasteiger partial charge in [-0.15, -0.1) is 0 Å². The minimum Gasteiger partial charge on any atom is -0.456 e. The molecule has 0 spiro atoms. The number of hydrogen-bond donors (Lipinski definition) is 0. The molecule has 0 aliphatic rings. The Bertz CT molecular complexity index is 2620. The monoisotopic (exact) mass is 589 g/mol. The zero-order valence-corrected chi connectivity index (χ0v) is 25.8. The van der Waals surface area contributed by atoms with Gasteiger partial charge in [-0.1, -0.05) is 147 Å².